The maximum atomic E-state index is 12.9. The highest BCUT2D eigenvalue weighted by Crippen LogP contribution is 2.29. The van der Waals surface area contributed by atoms with Crippen molar-refractivity contribution < 1.29 is 13.2 Å². The summed E-state index contributed by atoms with van der Waals surface area (Å²) in [5, 5.41) is 1.86. The number of nitrogens with two attached hydrogens (primary N) is 1. The summed E-state index contributed by atoms with van der Waals surface area (Å²) in [5.74, 6) is 5.59. The zero-order chi connectivity index (χ0) is 15.2. The van der Waals surface area contributed by atoms with Crippen molar-refractivity contribution in [1.82, 2.24) is 13.7 Å². The van der Waals surface area contributed by atoms with E-state index in [4.69, 9.17) is 10.6 Å². The van der Waals surface area contributed by atoms with Crippen molar-refractivity contribution in [2.75, 3.05) is 18.5 Å². The Morgan fingerprint density at radius 2 is 2.10 bits per heavy atom. The summed E-state index contributed by atoms with van der Waals surface area (Å²) in [5.41, 5.74) is 2.38. The molecule has 0 bridgehead atoms. The van der Waals surface area contributed by atoms with Crippen LogP contribution in [0.25, 0.3) is 4.96 Å². The van der Waals surface area contributed by atoms with Gasteiger partial charge in [-0.2, -0.15) is 9.29 Å². The molecule has 1 fully saturated rings. The summed E-state index contributed by atoms with van der Waals surface area (Å²) in [4.78, 5) is 4.78. The zero-order valence-corrected chi connectivity index (χ0v) is 13.3. The molecule has 10 heteroatoms. The number of hydrazine groups is 1. The standard InChI is InChI=1S/C11H17N5O3S2/c1-7-5-15(6-8(2)19-7)21(17,18)10-9(14-12)13-11-16(10)3-4-20-11/h3-4,7-8,14H,5-6,12H2,1-2H3. The lowest BCUT2D eigenvalue weighted by Gasteiger charge is -2.34. The SMILES string of the molecule is CC1CN(S(=O)(=O)c2c(NN)nc3sccn23)CC(C)O1. The molecule has 2 unspecified atom stereocenters. The molecule has 0 saturated carbocycles. The van der Waals surface area contributed by atoms with Gasteiger partial charge in [-0.3, -0.25) is 4.40 Å². The van der Waals surface area contributed by atoms with Gasteiger partial charge in [0.1, 0.15) is 0 Å². The van der Waals surface area contributed by atoms with Gasteiger partial charge in [0.15, 0.2) is 10.8 Å². The molecule has 0 radical (unpaired) electrons. The van der Waals surface area contributed by atoms with E-state index < -0.39 is 10.0 Å². The number of fused-ring (bicyclic) bond motifs is 1. The smallest absolute Gasteiger partial charge is 0.263 e. The first-order valence-electron chi connectivity index (χ1n) is 6.51. The molecule has 0 aliphatic carbocycles. The molecule has 116 valence electrons. The Labute approximate surface area is 126 Å². The number of sulfonamides is 1. The Hall–Kier alpha value is -1.20. The van der Waals surface area contributed by atoms with Crippen LogP contribution in [0.2, 0.25) is 0 Å². The number of nitrogens with one attached hydrogen (secondary N) is 1. The predicted octanol–water partition coefficient (Wildman–Crippen LogP) is 0.479. The summed E-state index contributed by atoms with van der Waals surface area (Å²) < 4.78 is 34.5. The molecule has 3 heterocycles. The number of thiazole rings is 1. The van der Waals surface area contributed by atoms with Crippen molar-refractivity contribution in [3.05, 3.63) is 11.6 Å². The van der Waals surface area contributed by atoms with Crippen LogP contribution in [-0.4, -0.2) is 47.4 Å². The number of morpholine rings is 1. The van der Waals surface area contributed by atoms with E-state index in [-0.39, 0.29) is 23.1 Å². The van der Waals surface area contributed by atoms with Gasteiger partial charge < -0.3 is 10.2 Å². The molecular formula is C11H17N5O3S2. The van der Waals surface area contributed by atoms with Crippen LogP contribution in [0, 0.1) is 0 Å². The van der Waals surface area contributed by atoms with Gasteiger partial charge in [0, 0.05) is 24.7 Å². The lowest BCUT2D eigenvalue weighted by atomic mass is 10.3. The second-order valence-corrected chi connectivity index (χ2v) is 7.77. The van der Waals surface area contributed by atoms with Gasteiger partial charge in [0.05, 0.1) is 12.2 Å². The maximum Gasteiger partial charge on any atom is 0.263 e. The number of nitrogens with zero attached hydrogens (tertiary/aromatic N) is 3. The highest BCUT2D eigenvalue weighted by Gasteiger charge is 2.36. The normalized spacial score (nSPS) is 24.5. The second kappa shape index (κ2) is 5.21. The average molecular weight is 331 g/mol. The molecule has 8 nitrogen and oxygen atoms in total. The number of nitrogen functional groups attached to an aromatic ring is 1. The quantitative estimate of drug-likeness (QED) is 0.626. The van der Waals surface area contributed by atoms with Gasteiger partial charge in [0.2, 0.25) is 5.03 Å². The number of ether oxygens (including phenoxy) is 1. The van der Waals surface area contributed by atoms with Crippen molar-refractivity contribution in [1.29, 1.82) is 0 Å². The first-order valence-corrected chi connectivity index (χ1v) is 8.83. The minimum Gasteiger partial charge on any atom is -0.373 e. The van der Waals surface area contributed by atoms with E-state index >= 15 is 0 Å². The van der Waals surface area contributed by atoms with Crippen LogP contribution in [0.5, 0.6) is 0 Å². The van der Waals surface area contributed by atoms with E-state index in [1.54, 1.807) is 16.0 Å². The van der Waals surface area contributed by atoms with Gasteiger partial charge >= 0.3 is 0 Å². The first kappa shape index (κ1) is 14.7. The lowest BCUT2D eigenvalue weighted by Crippen LogP contribution is -2.48. The van der Waals surface area contributed by atoms with Crippen LogP contribution in [0.15, 0.2) is 16.6 Å². The molecule has 3 rings (SSSR count). The van der Waals surface area contributed by atoms with Gasteiger partial charge in [-0.1, -0.05) is 0 Å². The van der Waals surface area contributed by atoms with Gasteiger partial charge in [-0.15, -0.1) is 11.3 Å². The van der Waals surface area contributed by atoms with Gasteiger partial charge in [-0.05, 0) is 13.8 Å². The third kappa shape index (κ3) is 2.42. The molecule has 0 amide bonds. The van der Waals surface area contributed by atoms with Crippen LogP contribution in [0.1, 0.15) is 13.8 Å². The number of rotatable bonds is 3. The summed E-state index contributed by atoms with van der Waals surface area (Å²) in [6.45, 7) is 4.34. The number of hydrogen-bond donors (Lipinski definition) is 2. The Morgan fingerprint density at radius 3 is 2.71 bits per heavy atom. The van der Waals surface area contributed by atoms with Crippen molar-refractivity contribution in [3.8, 4) is 0 Å². The molecule has 3 N–H and O–H groups in total. The van der Waals surface area contributed by atoms with Crippen LogP contribution in [0.3, 0.4) is 0 Å². The van der Waals surface area contributed by atoms with Gasteiger partial charge in [-0.25, -0.2) is 14.3 Å². The van der Waals surface area contributed by atoms with Crippen LogP contribution in [-0.2, 0) is 14.8 Å². The Morgan fingerprint density at radius 1 is 1.43 bits per heavy atom. The van der Waals surface area contributed by atoms with Crippen molar-refractivity contribution in [2.24, 2.45) is 5.84 Å². The summed E-state index contributed by atoms with van der Waals surface area (Å²) in [7, 11) is -3.71. The Balaban J connectivity index is 2.09. The molecule has 1 aliphatic heterocycles. The number of anilines is 1. The predicted molar refractivity (Wildman–Crippen MR) is 79.6 cm³/mol. The number of hydrogen-bond acceptors (Lipinski definition) is 7. The molecule has 1 saturated heterocycles. The molecule has 0 spiro atoms. The fourth-order valence-electron chi connectivity index (χ4n) is 2.55. The van der Waals surface area contributed by atoms with Crippen molar-refractivity contribution in [2.45, 2.75) is 31.1 Å². The maximum absolute atomic E-state index is 12.9. The largest absolute Gasteiger partial charge is 0.373 e. The third-order valence-electron chi connectivity index (χ3n) is 3.33. The monoisotopic (exact) mass is 331 g/mol. The van der Waals surface area contributed by atoms with E-state index in [0.717, 1.165) is 0 Å². The van der Waals surface area contributed by atoms with Crippen LogP contribution in [0.4, 0.5) is 5.82 Å². The van der Waals surface area contributed by atoms with E-state index in [9.17, 15) is 8.42 Å². The number of imidazole rings is 1. The minimum absolute atomic E-state index is 0.0718. The molecule has 21 heavy (non-hydrogen) atoms. The Kier molecular flexibility index (Phi) is 3.66. The minimum atomic E-state index is -3.71. The van der Waals surface area contributed by atoms with Crippen molar-refractivity contribution >= 4 is 32.1 Å². The summed E-state index contributed by atoms with van der Waals surface area (Å²) in [6.07, 6.45) is 1.38. The van der Waals surface area contributed by atoms with Crippen LogP contribution >= 0.6 is 11.3 Å². The molecule has 0 aromatic carbocycles. The third-order valence-corrected chi connectivity index (χ3v) is 5.94. The lowest BCUT2D eigenvalue weighted by molar-refractivity contribution is -0.0441. The second-order valence-electron chi connectivity index (χ2n) is 5.04. The van der Waals surface area contributed by atoms with E-state index in [0.29, 0.717) is 18.1 Å². The van der Waals surface area contributed by atoms with Crippen molar-refractivity contribution in [3.63, 3.8) is 0 Å². The summed E-state index contributed by atoms with van der Waals surface area (Å²) >= 11 is 1.35. The average Bonchev–Trinajstić information content (AvgIpc) is 2.96. The Bertz CT molecular complexity index is 743. The van der Waals surface area contributed by atoms with E-state index in [2.05, 4.69) is 10.4 Å². The summed E-state index contributed by atoms with van der Waals surface area (Å²) in [6, 6.07) is 0. The van der Waals surface area contributed by atoms with Gasteiger partial charge in [0.25, 0.3) is 10.0 Å². The number of aromatic nitrogens is 2. The highest BCUT2D eigenvalue weighted by molar-refractivity contribution is 7.89. The molecule has 1 aliphatic rings. The fraction of sp³-hybridized carbons (Fsp3) is 0.545. The molecule has 2 atom stereocenters. The molecule has 2 aromatic heterocycles. The zero-order valence-electron chi connectivity index (χ0n) is 11.7. The van der Waals surface area contributed by atoms with E-state index in [1.807, 2.05) is 13.8 Å². The fourth-order valence-corrected chi connectivity index (χ4v) is 5.13. The first-order chi connectivity index (χ1) is 9.93. The highest BCUT2D eigenvalue weighted by atomic mass is 32.2. The van der Waals surface area contributed by atoms with Crippen LogP contribution < -0.4 is 11.3 Å². The van der Waals surface area contributed by atoms with E-state index in [1.165, 1.54) is 15.6 Å². The topological polar surface area (TPSA) is 102 Å². The molecule has 2 aromatic rings. The molecular weight excluding hydrogens is 314 g/mol.